The normalized spacial score (nSPS) is 9.25. The van der Waals surface area contributed by atoms with E-state index < -0.39 is 5.97 Å². The van der Waals surface area contributed by atoms with Gasteiger partial charge in [-0.1, -0.05) is 12.1 Å². The Labute approximate surface area is 105 Å². The maximum absolute atomic E-state index is 10.4. The molecule has 16 heavy (non-hydrogen) atoms. The van der Waals surface area contributed by atoms with Gasteiger partial charge in [0.1, 0.15) is 0 Å². The molecule has 0 bridgehead atoms. The zero-order valence-corrected chi connectivity index (χ0v) is 10.0. The highest BCUT2D eigenvalue weighted by atomic mass is 35.5. The lowest BCUT2D eigenvalue weighted by Gasteiger charge is -2.00. The molecule has 0 aliphatic carbocycles. The number of fused-ring (bicyclic) bond motifs is 1. The van der Waals surface area contributed by atoms with Crippen LogP contribution in [-0.2, 0) is 11.3 Å². The number of rotatable bonds is 3. The Kier molecular flexibility index (Phi) is 5.85. The average Bonchev–Trinajstić information content (AvgIpc) is 2.58. The van der Waals surface area contributed by atoms with Crippen molar-refractivity contribution in [1.82, 2.24) is 9.55 Å². The fourth-order valence-electron chi connectivity index (χ4n) is 1.40. The van der Waals surface area contributed by atoms with E-state index in [1.807, 2.05) is 28.8 Å². The predicted octanol–water partition coefficient (Wildman–Crippen LogP) is 2.35. The van der Waals surface area contributed by atoms with Crippen LogP contribution in [0.2, 0.25) is 0 Å². The van der Waals surface area contributed by atoms with Gasteiger partial charge >= 0.3 is 5.97 Å². The van der Waals surface area contributed by atoms with Crippen LogP contribution in [0.5, 0.6) is 0 Å². The summed E-state index contributed by atoms with van der Waals surface area (Å²) in [4.78, 5) is 14.6. The van der Waals surface area contributed by atoms with Crippen LogP contribution in [0.15, 0.2) is 30.6 Å². The van der Waals surface area contributed by atoms with Crippen LogP contribution in [0.4, 0.5) is 0 Å². The summed E-state index contributed by atoms with van der Waals surface area (Å²) in [6.45, 7) is 0.468. The lowest BCUT2D eigenvalue weighted by molar-refractivity contribution is -0.137. The maximum atomic E-state index is 10.4. The minimum Gasteiger partial charge on any atom is -0.481 e. The minimum absolute atomic E-state index is 0. The van der Waals surface area contributed by atoms with Crippen LogP contribution in [0, 0.1) is 0 Å². The van der Waals surface area contributed by atoms with E-state index in [4.69, 9.17) is 5.11 Å². The second-order valence-corrected chi connectivity index (χ2v) is 3.07. The van der Waals surface area contributed by atoms with E-state index in [0.29, 0.717) is 6.54 Å². The molecule has 2 rings (SSSR count). The number of carboxylic acid groups (broad SMARTS) is 1. The Morgan fingerprint density at radius 3 is 2.69 bits per heavy atom. The molecular weight excluding hydrogens is 251 g/mol. The number of carboxylic acids is 1. The molecule has 2 aromatic rings. The molecule has 88 valence electrons. The number of aryl methyl sites for hydroxylation is 1. The molecule has 0 unspecified atom stereocenters. The molecule has 0 fully saturated rings. The van der Waals surface area contributed by atoms with E-state index in [-0.39, 0.29) is 31.2 Å². The van der Waals surface area contributed by atoms with Crippen molar-refractivity contribution in [2.24, 2.45) is 0 Å². The number of nitrogens with zero attached hydrogens (tertiary/aromatic N) is 2. The molecule has 0 aliphatic heterocycles. The SMILES string of the molecule is Cl.Cl.O=C(O)CCn1cnc2ccccc21. The second-order valence-electron chi connectivity index (χ2n) is 3.07. The van der Waals surface area contributed by atoms with Crippen molar-refractivity contribution in [3.8, 4) is 0 Å². The zero-order chi connectivity index (χ0) is 9.97. The molecule has 0 saturated carbocycles. The van der Waals surface area contributed by atoms with Crippen molar-refractivity contribution in [2.75, 3.05) is 0 Å². The van der Waals surface area contributed by atoms with Gasteiger partial charge in [0.15, 0.2) is 0 Å². The van der Waals surface area contributed by atoms with Gasteiger partial charge in [-0.2, -0.15) is 0 Å². The van der Waals surface area contributed by atoms with Crippen molar-refractivity contribution in [3.63, 3.8) is 0 Å². The van der Waals surface area contributed by atoms with E-state index in [9.17, 15) is 4.79 Å². The maximum Gasteiger partial charge on any atom is 0.305 e. The second kappa shape index (κ2) is 6.35. The highest BCUT2D eigenvalue weighted by molar-refractivity contribution is 5.85. The average molecular weight is 263 g/mol. The van der Waals surface area contributed by atoms with Gasteiger partial charge in [-0.05, 0) is 12.1 Å². The topological polar surface area (TPSA) is 55.1 Å². The number of imidazole rings is 1. The molecule has 1 aromatic carbocycles. The molecule has 1 aromatic heterocycles. The first kappa shape index (κ1) is 14.7. The van der Waals surface area contributed by atoms with Crippen molar-refractivity contribution in [1.29, 1.82) is 0 Å². The van der Waals surface area contributed by atoms with E-state index in [0.717, 1.165) is 11.0 Å². The number of hydrogen-bond acceptors (Lipinski definition) is 2. The standard InChI is InChI=1S/C10H10N2O2.2ClH/c13-10(14)5-6-12-7-11-8-3-1-2-4-9(8)12;;/h1-4,7H,5-6H2,(H,13,14);2*1H. The van der Waals surface area contributed by atoms with Crippen molar-refractivity contribution in [2.45, 2.75) is 13.0 Å². The molecule has 1 heterocycles. The third-order valence-corrected chi connectivity index (χ3v) is 2.09. The van der Waals surface area contributed by atoms with Crippen LogP contribution in [0.3, 0.4) is 0 Å². The smallest absolute Gasteiger partial charge is 0.305 e. The van der Waals surface area contributed by atoms with E-state index in [2.05, 4.69) is 4.98 Å². The van der Waals surface area contributed by atoms with Gasteiger partial charge in [0.25, 0.3) is 0 Å². The first-order valence-electron chi connectivity index (χ1n) is 4.39. The van der Waals surface area contributed by atoms with Crippen molar-refractivity contribution in [3.05, 3.63) is 30.6 Å². The zero-order valence-electron chi connectivity index (χ0n) is 8.37. The van der Waals surface area contributed by atoms with Crippen LogP contribution in [0.25, 0.3) is 11.0 Å². The number of hydrogen-bond donors (Lipinski definition) is 1. The summed E-state index contributed by atoms with van der Waals surface area (Å²) in [5.74, 6) is -0.789. The largest absolute Gasteiger partial charge is 0.481 e. The van der Waals surface area contributed by atoms with Crippen LogP contribution >= 0.6 is 24.8 Å². The minimum atomic E-state index is -0.789. The quantitative estimate of drug-likeness (QED) is 0.924. The summed E-state index contributed by atoms with van der Waals surface area (Å²) in [5, 5.41) is 8.55. The predicted molar refractivity (Wildman–Crippen MR) is 66.5 cm³/mol. The van der Waals surface area contributed by atoms with Crippen molar-refractivity contribution < 1.29 is 9.90 Å². The van der Waals surface area contributed by atoms with Gasteiger partial charge in [-0.25, -0.2) is 4.98 Å². The fourth-order valence-corrected chi connectivity index (χ4v) is 1.40. The lowest BCUT2D eigenvalue weighted by atomic mass is 10.3. The Morgan fingerprint density at radius 2 is 2.00 bits per heavy atom. The van der Waals surface area contributed by atoms with Gasteiger partial charge in [-0.15, -0.1) is 24.8 Å². The summed E-state index contributed by atoms with van der Waals surface area (Å²) >= 11 is 0. The summed E-state index contributed by atoms with van der Waals surface area (Å²) in [6.07, 6.45) is 1.80. The molecule has 0 spiro atoms. The first-order chi connectivity index (χ1) is 6.77. The molecule has 1 N–H and O–H groups in total. The molecule has 0 atom stereocenters. The Balaban J connectivity index is 0.00000112. The van der Waals surface area contributed by atoms with E-state index >= 15 is 0 Å². The monoisotopic (exact) mass is 262 g/mol. The van der Waals surface area contributed by atoms with E-state index in [1.54, 1.807) is 6.33 Å². The number of aromatic nitrogens is 2. The number of para-hydroxylation sites is 2. The molecule has 4 nitrogen and oxygen atoms in total. The molecule has 0 saturated heterocycles. The fraction of sp³-hybridized carbons (Fsp3) is 0.200. The first-order valence-corrected chi connectivity index (χ1v) is 4.39. The highest BCUT2D eigenvalue weighted by Crippen LogP contribution is 2.11. The third kappa shape index (κ3) is 3.12. The Morgan fingerprint density at radius 1 is 1.31 bits per heavy atom. The van der Waals surface area contributed by atoms with Crippen LogP contribution in [0.1, 0.15) is 6.42 Å². The number of aliphatic carboxylic acids is 1. The van der Waals surface area contributed by atoms with E-state index in [1.165, 1.54) is 0 Å². The van der Waals surface area contributed by atoms with Crippen molar-refractivity contribution >= 4 is 41.8 Å². The molecule has 0 amide bonds. The van der Waals surface area contributed by atoms with Gasteiger partial charge < -0.3 is 9.67 Å². The molecular formula is C10H12Cl2N2O2. The molecule has 0 aliphatic rings. The van der Waals surface area contributed by atoms with Crippen LogP contribution < -0.4 is 0 Å². The Hall–Kier alpha value is -1.26. The summed E-state index contributed by atoms with van der Waals surface area (Å²) in [5.41, 5.74) is 1.88. The third-order valence-electron chi connectivity index (χ3n) is 2.09. The number of benzene rings is 1. The summed E-state index contributed by atoms with van der Waals surface area (Å²) in [7, 11) is 0. The molecule has 6 heteroatoms. The van der Waals surface area contributed by atoms with Gasteiger partial charge in [0, 0.05) is 6.54 Å². The van der Waals surface area contributed by atoms with Gasteiger partial charge in [-0.3, -0.25) is 4.79 Å². The van der Waals surface area contributed by atoms with Crippen LogP contribution in [-0.4, -0.2) is 20.6 Å². The summed E-state index contributed by atoms with van der Waals surface area (Å²) < 4.78 is 1.85. The molecule has 0 radical (unpaired) electrons. The number of carbonyl (C=O) groups is 1. The number of halogens is 2. The lowest BCUT2D eigenvalue weighted by Crippen LogP contribution is -2.03. The summed E-state index contributed by atoms with van der Waals surface area (Å²) in [6, 6.07) is 7.68. The Bertz CT molecular complexity index is 471. The highest BCUT2D eigenvalue weighted by Gasteiger charge is 2.02. The van der Waals surface area contributed by atoms with Gasteiger partial charge in [0.05, 0.1) is 23.8 Å². The van der Waals surface area contributed by atoms with Gasteiger partial charge in [0.2, 0.25) is 0 Å².